The molecular formula is C13H20N2O2. The summed E-state index contributed by atoms with van der Waals surface area (Å²) in [5.41, 5.74) is 0.724. The molecule has 0 spiro atoms. The van der Waals surface area contributed by atoms with E-state index >= 15 is 0 Å². The van der Waals surface area contributed by atoms with Crippen LogP contribution >= 0.6 is 0 Å². The van der Waals surface area contributed by atoms with E-state index in [9.17, 15) is 4.79 Å². The number of carbonyl (C=O) groups excluding carboxylic acids is 1. The highest BCUT2D eigenvalue weighted by molar-refractivity contribution is 5.94. The van der Waals surface area contributed by atoms with Gasteiger partial charge < -0.3 is 14.6 Å². The smallest absolute Gasteiger partial charge is 0.253 e. The van der Waals surface area contributed by atoms with Gasteiger partial charge in [-0.25, -0.2) is 0 Å². The molecule has 1 unspecified atom stereocenters. The summed E-state index contributed by atoms with van der Waals surface area (Å²) in [5.74, 6) is -0.0106. The van der Waals surface area contributed by atoms with Crippen molar-refractivity contribution in [3.05, 3.63) is 24.0 Å². The lowest BCUT2D eigenvalue weighted by atomic mass is 10.1. The van der Waals surface area contributed by atoms with Crippen LogP contribution in [0.5, 0.6) is 0 Å². The van der Waals surface area contributed by atoms with E-state index in [0.717, 1.165) is 13.0 Å². The molecule has 1 aromatic heterocycles. The molecular weight excluding hydrogens is 216 g/mol. The molecule has 2 rings (SSSR count). The van der Waals surface area contributed by atoms with Crippen molar-refractivity contribution < 1.29 is 9.53 Å². The predicted octanol–water partition coefficient (Wildman–Crippen LogP) is 1.76. The van der Waals surface area contributed by atoms with E-state index < -0.39 is 0 Å². The fourth-order valence-electron chi connectivity index (χ4n) is 1.87. The van der Waals surface area contributed by atoms with Crippen LogP contribution in [0.3, 0.4) is 0 Å². The Balaban J connectivity index is 2.01. The van der Waals surface area contributed by atoms with Crippen molar-refractivity contribution in [1.82, 2.24) is 9.88 Å². The molecule has 4 heteroatoms. The molecule has 4 nitrogen and oxygen atoms in total. The summed E-state index contributed by atoms with van der Waals surface area (Å²) in [5, 5.41) is 2.98. The Morgan fingerprint density at radius 1 is 1.53 bits per heavy atom. The molecule has 1 N–H and O–H groups in total. The van der Waals surface area contributed by atoms with E-state index in [0.29, 0.717) is 12.2 Å². The highest BCUT2D eigenvalue weighted by atomic mass is 16.5. The molecule has 0 aromatic carbocycles. The quantitative estimate of drug-likeness (QED) is 0.850. The summed E-state index contributed by atoms with van der Waals surface area (Å²) >= 11 is 0. The molecule has 1 fully saturated rings. The van der Waals surface area contributed by atoms with Crippen LogP contribution < -0.4 is 5.32 Å². The Kier molecular flexibility index (Phi) is 3.24. The van der Waals surface area contributed by atoms with Crippen molar-refractivity contribution in [3.63, 3.8) is 0 Å². The van der Waals surface area contributed by atoms with Gasteiger partial charge in [-0.15, -0.1) is 0 Å². The summed E-state index contributed by atoms with van der Waals surface area (Å²) in [7, 11) is 0. The molecule has 1 amide bonds. The van der Waals surface area contributed by atoms with Crippen molar-refractivity contribution >= 4 is 5.91 Å². The van der Waals surface area contributed by atoms with Gasteiger partial charge in [-0.05, 0) is 33.3 Å². The van der Waals surface area contributed by atoms with E-state index in [2.05, 4.69) is 26.1 Å². The molecule has 17 heavy (non-hydrogen) atoms. The van der Waals surface area contributed by atoms with Crippen LogP contribution in [-0.2, 0) is 10.3 Å². The molecule has 0 saturated carbocycles. The van der Waals surface area contributed by atoms with Crippen LogP contribution in [-0.4, -0.2) is 29.7 Å². The van der Waals surface area contributed by atoms with E-state index in [1.807, 2.05) is 23.0 Å². The second kappa shape index (κ2) is 4.53. The fraction of sp³-hybridized carbons (Fsp3) is 0.615. The third-order valence-electron chi connectivity index (χ3n) is 2.99. The van der Waals surface area contributed by atoms with E-state index in [-0.39, 0.29) is 17.5 Å². The molecule has 1 aliphatic heterocycles. The van der Waals surface area contributed by atoms with Gasteiger partial charge in [-0.2, -0.15) is 0 Å². The van der Waals surface area contributed by atoms with Gasteiger partial charge in [0.1, 0.15) is 0 Å². The van der Waals surface area contributed by atoms with Crippen molar-refractivity contribution in [2.24, 2.45) is 0 Å². The summed E-state index contributed by atoms with van der Waals surface area (Å²) in [6.45, 7) is 7.71. The second-order valence-electron chi connectivity index (χ2n) is 5.51. The Hall–Kier alpha value is -1.29. The highest BCUT2D eigenvalue weighted by Gasteiger charge is 2.20. The minimum absolute atomic E-state index is 0.00893. The number of hydrogen-bond acceptors (Lipinski definition) is 2. The Morgan fingerprint density at radius 2 is 2.29 bits per heavy atom. The second-order valence-corrected chi connectivity index (χ2v) is 5.51. The molecule has 94 valence electrons. The molecule has 1 atom stereocenters. The number of aromatic nitrogens is 1. The summed E-state index contributed by atoms with van der Waals surface area (Å²) in [6.07, 6.45) is 4.75. The first kappa shape index (κ1) is 12.2. The van der Waals surface area contributed by atoms with Gasteiger partial charge in [0.2, 0.25) is 0 Å². The van der Waals surface area contributed by atoms with Crippen LogP contribution in [0.4, 0.5) is 0 Å². The zero-order valence-electron chi connectivity index (χ0n) is 10.7. The van der Waals surface area contributed by atoms with Crippen molar-refractivity contribution in [2.45, 2.75) is 38.8 Å². The van der Waals surface area contributed by atoms with Gasteiger partial charge in [-0.3, -0.25) is 4.79 Å². The van der Waals surface area contributed by atoms with Crippen LogP contribution in [0, 0.1) is 0 Å². The zero-order valence-corrected chi connectivity index (χ0v) is 10.7. The van der Waals surface area contributed by atoms with Crippen LogP contribution in [0.2, 0.25) is 0 Å². The van der Waals surface area contributed by atoms with Crippen LogP contribution in [0.1, 0.15) is 37.6 Å². The lowest BCUT2D eigenvalue weighted by Crippen LogP contribution is -2.34. The minimum Gasteiger partial charge on any atom is -0.379 e. The average Bonchev–Trinajstić information content (AvgIpc) is 2.85. The fourth-order valence-corrected chi connectivity index (χ4v) is 1.87. The standard InChI is InChI=1S/C13H20N2O2/c1-13(2,3)15-6-4-10(8-15)12(16)14-11-5-7-17-9-11/h4,6,8,11H,5,7,9H2,1-3H3,(H,14,16). The van der Waals surface area contributed by atoms with Gasteiger partial charge >= 0.3 is 0 Å². The minimum atomic E-state index is -0.0106. The molecule has 0 radical (unpaired) electrons. The monoisotopic (exact) mass is 236 g/mol. The first-order chi connectivity index (χ1) is 7.97. The van der Waals surface area contributed by atoms with Crippen molar-refractivity contribution in [3.8, 4) is 0 Å². The SMILES string of the molecule is CC(C)(C)n1ccc(C(=O)NC2CCOC2)c1. The van der Waals surface area contributed by atoms with Crippen molar-refractivity contribution in [2.75, 3.05) is 13.2 Å². The Bertz CT molecular complexity index is 398. The number of amides is 1. The van der Waals surface area contributed by atoms with E-state index in [1.165, 1.54) is 0 Å². The van der Waals surface area contributed by atoms with Gasteiger partial charge in [0.05, 0.1) is 18.2 Å². The summed E-state index contributed by atoms with van der Waals surface area (Å²) in [4.78, 5) is 12.0. The lowest BCUT2D eigenvalue weighted by Gasteiger charge is -2.20. The number of rotatable bonds is 2. The first-order valence-electron chi connectivity index (χ1n) is 6.04. The number of ether oxygens (including phenoxy) is 1. The number of hydrogen-bond donors (Lipinski definition) is 1. The molecule has 1 aliphatic rings. The van der Waals surface area contributed by atoms with Crippen LogP contribution in [0.15, 0.2) is 18.5 Å². The van der Waals surface area contributed by atoms with Gasteiger partial charge in [0, 0.05) is 24.5 Å². The Morgan fingerprint density at radius 3 is 2.82 bits per heavy atom. The average molecular weight is 236 g/mol. The molecule has 2 heterocycles. The lowest BCUT2D eigenvalue weighted by molar-refractivity contribution is 0.0930. The third-order valence-corrected chi connectivity index (χ3v) is 2.99. The maximum absolute atomic E-state index is 12.0. The maximum Gasteiger partial charge on any atom is 0.253 e. The highest BCUT2D eigenvalue weighted by Crippen LogP contribution is 2.16. The predicted molar refractivity (Wildman–Crippen MR) is 66.1 cm³/mol. The first-order valence-corrected chi connectivity index (χ1v) is 6.04. The maximum atomic E-state index is 12.0. The molecule has 1 saturated heterocycles. The number of nitrogens with one attached hydrogen (secondary N) is 1. The normalized spacial score (nSPS) is 20.5. The summed E-state index contributed by atoms with van der Waals surface area (Å²) in [6, 6.07) is 2.02. The largest absolute Gasteiger partial charge is 0.379 e. The van der Waals surface area contributed by atoms with E-state index in [1.54, 1.807) is 0 Å². The van der Waals surface area contributed by atoms with Crippen LogP contribution in [0.25, 0.3) is 0 Å². The topological polar surface area (TPSA) is 43.3 Å². The molecule has 0 bridgehead atoms. The zero-order chi connectivity index (χ0) is 12.5. The number of carbonyl (C=O) groups is 1. The van der Waals surface area contributed by atoms with Gasteiger partial charge in [0.15, 0.2) is 0 Å². The van der Waals surface area contributed by atoms with Gasteiger partial charge in [-0.1, -0.05) is 0 Å². The van der Waals surface area contributed by atoms with Crippen molar-refractivity contribution in [1.29, 1.82) is 0 Å². The Labute approximate surface area is 102 Å². The van der Waals surface area contributed by atoms with E-state index in [4.69, 9.17) is 4.74 Å². The third kappa shape index (κ3) is 2.88. The van der Waals surface area contributed by atoms with Gasteiger partial charge in [0.25, 0.3) is 5.91 Å². The molecule has 1 aromatic rings. The summed E-state index contributed by atoms with van der Waals surface area (Å²) < 4.78 is 7.28. The molecule has 0 aliphatic carbocycles. The number of nitrogens with zero attached hydrogens (tertiary/aromatic N) is 1.